The number of nitrogens with zero attached hydrogens (tertiary/aromatic N) is 2. The lowest BCUT2D eigenvalue weighted by atomic mass is 10.3. The molecule has 1 N–H and O–H groups in total. The Balaban J connectivity index is 1.69. The third kappa shape index (κ3) is 4.05. The van der Waals surface area contributed by atoms with Crippen molar-refractivity contribution < 1.29 is 0 Å². The van der Waals surface area contributed by atoms with Gasteiger partial charge in [-0.1, -0.05) is 6.92 Å². The SMILES string of the molecule is CCc1nc(CNC(C)CN2CCCC2)cs1. The Kier molecular flexibility index (Phi) is 4.95. The smallest absolute Gasteiger partial charge is 0.0926 e. The summed E-state index contributed by atoms with van der Waals surface area (Å²) in [5, 5.41) is 6.99. The molecule has 1 aromatic rings. The second-order valence-electron chi connectivity index (χ2n) is 4.88. The van der Waals surface area contributed by atoms with E-state index >= 15 is 0 Å². The van der Waals surface area contributed by atoms with Gasteiger partial charge >= 0.3 is 0 Å². The van der Waals surface area contributed by atoms with Crippen LogP contribution in [-0.4, -0.2) is 35.6 Å². The van der Waals surface area contributed by atoms with Crippen LogP contribution in [0, 0.1) is 0 Å². The van der Waals surface area contributed by atoms with Crippen molar-refractivity contribution in [2.24, 2.45) is 0 Å². The zero-order valence-corrected chi connectivity index (χ0v) is 11.7. The molecule has 1 aromatic heterocycles. The lowest BCUT2D eigenvalue weighted by Gasteiger charge is -2.20. The van der Waals surface area contributed by atoms with Crippen LogP contribution in [0.4, 0.5) is 0 Å². The zero-order valence-electron chi connectivity index (χ0n) is 10.9. The van der Waals surface area contributed by atoms with Gasteiger partial charge < -0.3 is 10.2 Å². The van der Waals surface area contributed by atoms with Gasteiger partial charge in [-0.2, -0.15) is 0 Å². The summed E-state index contributed by atoms with van der Waals surface area (Å²) < 4.78 is 0. The Morgan fingerprint density at radius 1 is 1.47 bits per heavy atom. The number of hydrogen-bond donors (Lipinski definition) is 1. The van der Waals surface area contributed by atoms with Crippen molar-refractivity contribution in [2.45, 2.75) is 45.7 Å². The molecule has 1 aliphatic heterocycles. The van der Waals surface area contributed by atoms with Gasteiger partial charge in [0.15, 0.2) is 0 Å². The van der Waals surface area contributed by atoms with Crippen molar-refractivity contribution in [3.63, 3.8) is 0 Å². The van der Waals surface area contributed by atoms with E-state index in [0.29, 0.717) is 6.04 Å². The van der Waals surface area contributed by atoms with Crippen LogP contribution in [-0.2, 0) is 13.0 Å². The first-order valence-electron chi connectivity index (χ1n) is 6.67. The maximum absolute atomic E-state index is 4.57. The molecule has 96 valence electrons. The van der Waals surface area contributed by atoms with E-state index in [9.17, 15) is 0 Å². The molecule has 0 saturated carbocycles. The van der Waals surface area contributed by atoms with E-state index in [1.54, 1.807) is 11.3 Å². The number of thiazole rings is 1. The lowest BCUT2D eigenvalue weighted by molar-refractivity contribution is 0.298. The number of aromatic nitrogens is 1. The first kappa shape index (κ1) is 13.0. The van der Waals surface area contributed by atoms with Crippen molar-refractivity contribution in [3.05, 3.63) is 16.1 Å². The fourth-order valence-corrected chi connectivity index (χ4v) is 3.03. The fourth-order valence-electron chi connectivity index (χ4n) is 2.29. The minimum absolute atomic E-state index is 0.555. The minimum Gasteiger partial charge on any atom is -0.307 e. The molecule has 17 heavy (non-hydrogen) atoms. The summed E-state index contributed by atoms with van der Waals surface area (Å²) in [4.78, 5) is 7.13. The van der Waals surface area contributed by atoms with Gasteiger partial charge in [-0.3, -0.25) is 0 Å². The molecule has 4 heteroatoms. The number of hydrogen-bond acceptors (Lipinski definition) is 4. The highest BCUT2D eigenvalue weighted by Crippen LogP contribution is 2.11. The van der Waals surface area contributed by atoms with Crippen molar-refractivity contribution in [2.75, 3.05) is 19.6 Å². The van der Waals surface area contributed by atoms with E-state index in [1.165, 1.54) is 43.2 Å². The third-order valence-electron chi connectivity index (χ3n) is 3.26. The Hall–Kier alpha value is -0.450. The molecule has 0 bridgehead atoms. The van der Waals surface area contributed by atoms with Crippen molar-refractivity contribution in [1.29, 1.82) is 0 Å². The van der Waals surface area contributed by atoms with Crippen LogP contribution in [0.5, 0.6) is 0 Å². The fraction of sp³-hybridized carbons (Fsp3) is 0.769. The number of aryl methyl sites for hydroxylation is 1. The van der Waals surface area contributed by atoms with Crippen molar-refractivity contribution >= 4 is 11.3 Å². The van der Waals surface area contributed by atoms with Gasteiger partial charge in [0.2, 0.25) is 0 Å². The summed E-state index contributed by atoms with van der Waals surface area (Å²) in [6.07, 6.45) is 3.80. The summed E-state index contributed by atoms with van der Waals surface area (Å²) in [7, 11) is 0. The van der Waals surface area contributed by atoms with E-state index in [1.807, 2.05) is 0 Å². The van der Waals surface area contributed by atoms with Gasteiger partial charge in [-0.05, 0) is 39.3 Å². The predicted octanol–water partition coefficient (Wildman–Crippen LogP) is 2.28. The number of likely N-dealkylation sites (tertiary alicyclic amines) is 1. The monoisotopic (exact) mass is 253 g/mol. The normalized spacial score (nSPS) is 18.7. The second kappa shape index (κ2) is 6.47. The maximum Gasteiger partial charge on any atom is 0.0926 e. The summed E-state index contributed by atoms with van der Waals surface area (Å²) in [6, 6.07) is 0.555. The highest BCUT2D eigenvalue weighted by molar-refractivity contribution is 7.09. The molecule has 0 spiro atoms. The van der Waals surface area contributed by atoms with E-state index in [0.717, 1.165) is 13.0 Å². The number of rotatable bonds is 6. The summed E-state index contributed by atoms with van der Waals surface area (Å²) in [6.45, 7) is 9.07. The van der Waals surface area contributed by atoms with Crippen LogP contribution in [0.2, 0.25) is 0 Å². The Morgan fingerprint density at radius 3 is 2.88 bits per heavy atom. The van der Waals surface area contributed by atoms with E-state index in [-0.39, 0.29) is 0 Å². The average Bonchev–Trinajstić information content (AvgIpc) is 2.96. The molecule has 3 nitrogen and oxygen atoms in total. The Bertz CT molecular complexity index is 331. The molecule has 1 saturated heterocycles. The van der Waals surface area contributed by atoms with Crippen LogP contribution in [0.3, 0.4) is 0 Å². The minimum atomic E-state index is 0.555. The molecule has 1 fully saturated rings. The van der Waals surface area contributed by atoms with Crippen LogP contribution in [0.25, 0.3) is 0 Å². The van der Waals surface area contributed by atoms with Gasteiger partial charge in [-0.15, -0.1) is 11.3 Å². The molecule has 0 amide bonds. The quantitative estimate of drug-likeness (QED) is 0.843. The van der Waals surface area contributed by atoms with Gasteiger partial charge in [0.1, 0.15) is 0 Å². The van der Waals surface area contributed by atoms with Crippen LogP contribution in [0.15, 0.2) is 5.38 Å². The van der Waals surface area contributed by atoms with Gasteiger partial charge in [0.25, 0.3) is 0 Å². The van der Waals surface area contributed by atoms with Gasteiger partial charge in [0, 0.05) is 24.5 Å². The molecular formula is C13H23N3S. The van der Waals surface area contributed by atoms with Crippen LogP contribution >= 0.6 is 11.3 Å². The highest BCUT2D eigenvalue weighted by Gasteiger charge is 2.14. The molecule has 0 aromatic carbocycles. The molecule has 1 aliphatic rings. The Labute approximate surface area is 108 Å². The lowest BCUT2D eigenvalue weighted by Crippen LogP contribution is -2.37. The third-order valence-corrected chi connectivity index (χ3v) is 4.31. The molecule has 0 radical (unpaired) electrons. The van der Waals surface area contributed by atoms with E-state index < -0.39 is 0 Å². The van der Waals surface area contributed by atoms with Crippen LogP contribution < -0.4 is 5.32 Å². The highest BCUT2D eigenvalue weighted by atomic mass is 32.1. The van der Waals surface area contributed by atoms with Gasteiger partial charge in [0.05, 0.1) is 10.7 Å². The summed E-state index contributed by atoms with van der Waals surface area (Å²) in [5.74, 6) is 0. The molecule has 0 aliphatic carbocycles. The maximum atomic E-state index is 4.57. The summed E-state index contributed by atoms with van der Waals surface area (Å²) in [5.41, 5.74) is 1.19. The second-order valence-corrected chi connectivity index (χ2v) is 5.82. The molecular weight excluding hydrogens is 230 g/mol. The average molecular weight is 253 g/mol. The van der Waals surface area contributed by atoms with Crippen molar-refractivity contribution in [3.8, 4) is 0 Å². The first-order valence-corrected chi connectivity index (χ1v) is 7.55. The summed E-state index contributed by atoms with van der Waals surface area (Å²) >= 11 is 1.77. The predicted molar refractivity (Wildman–Crippen MR) is 73.5 cm³/mol. The molecule has 2 rings (SSSR count). The topological polar surface area (TPSA) is 28.2 Å². The van der Waals surface area contributed by atoms with Crippen molar-refractivity contribution in [1.82, 2.24) is 15.2 Å². The zero-order chi connectivity index (χ0) is 12.1. The Morgan fingerprint density at radius 2 is 2.24 bits per heavy atom. The van der Waals surface area contributed by atoms with E-state index in [2.05, 4.69) is 34.4 Å². The molecule has 1 unspecified atom stereocenters. The van der Waals surface area contributed by atoms with E-state index in [4.69, 9.17) is 0 Å². The molecule has 1 atom stereocenters. The van der Waals surface area contributed by atoms with Crippen LogP contribution in [0.1, 0.15) is 37.4 Å². The molecule has 2 heterocycles. The first-order chi connectivity index (χ1) is 8.28. The largest absolute Gasteiger partial charge is 0.307 e. The van der Waals surface area contributed by atoms with Gasteiger partial charge in [-0.25, -0.2) is 4.98 Å². The number of nitrogens with one attached hydrogen (secondary N) is 1. The standard InChI is InChI=1S/C13H23N3S/c1-3-13-15-12(10-17-13)8-14-11(2)9-16-6-4-5-7-16/h10-11,14H,3-9H2,1-2H3.